The van der Waals surface area contributed by atoms with Crippen LogP contribution in [0.1, 0.15) is 95.2 Å². The molecule has 254 valence electrons. The maximum absolute atomic E-state index is 15.0. The van der Waals surface area contributed by atoms with Crippen LogP contribution in [0.2, 0.25) is 0 Å². The second-order valence-corrected chi connectivity index (χ2v) is 13.9. The molecule has 0 aliphatic heterocycles. The maximum Gasteiger partial charge on any atom is 0.408 e. The van der Waals surface area contributed by atoms with E-state index in [1.807, 2.05) is 63.2 Å². The summed E-state index contributed by atoms with van der Waals surface area (Å²) in [6.45, 7) is 17.5. The van der Waals surface area contributed by atoms with E-state index in [4.69, 9.17) is 4.74 Å². The van der Waals surface area contributed by atoms with Crippen molar-refractivity contribution >= 4 is 23.6 Å². The molecule has 0 aliphatic carbocycles. The van der Waals surface area contributed by atoms with Crippen LogP contribution < -0.4 is 10.6 Å². The third-order valence-electron chi connectivity index (χ3n) is 8.22. The topological polar surface area (TPSA) is 108 Å². The first-order valence-electron chi connectivity index (χ1n) is 16.6. The Bertz CT molecular complexity index is 1470. The summed E-state index contributed by atoms with van der Waals surface area (Å²) in [5.41, 5.74) is 4.29. The molecule has 0 bridgehead atoms. The molecule has 47 heavy (non-hydrogen) atoms. The van der Waals surface area contributed by atoms with Gasteiger partial charge in [0.15, 0.2) is 0 Å². The van der Waals surface area contributed by atoms with Gasteiger partial charge in [0.1, 0.15) is 23.4 Å². The van der Waals surface area contributed by atoms with Crippen molar-refractivity contribution in [2.45, 2.75) is 112 Å². The summed E-state index contributed by atoms with van der Waals surface area (Å²) in [6, 6.07) is 17.8. The number of hydrogen-bond donors (Lipinski definition) is 3. The van der Waals surface area contributed by atoms with Gasteiger partial charge >= 0.3 is 6.09 Å². The lowest BCUT2D eigenvalue weighted by molar-refractivity contribution is -0.143. The predicted molar refractivity (Wildman–Crippen MR) is 188 cm³/mol. The number of ether oxygens (including phenoxy) is 1. The van der Waals surface area contributed by atoms with E-state index in [1.54, 1.807) is 49.9 Å². The number of carbonyl (C=O) groups excluding carboxylic acids is 3. The summed E-state index contributed by atoms with van der Waals surface area (Å²) < 4.78 is 5.58. The number of alkyl carbamates (subject to hydrolysis) is 1. The van der Waals surface area contributed by atoms with Gasteiger partial charge in [-0.25, -0.2) is 4.79 Å². The lowest BCUT2D eigenvalue weighted by Crippen LogP contribution is -2.55. The summed E-state index contributed by atoms with van der Waals surface area (Å²) in [7, 11) is 0. The molecule has 3 amide bonds. The van der Waals surface area contributed by atoms with Crippen LogP contribution in [0.4, 0.5) is 10.5 Å². The highest BCUT2D eigenvalue weighted by Crippen LogP contribution is 2.31. The van der Waals surface area contributed by atoms with Crippen LogP contribution in [-0.2, 0) is 27.2 Å². The maximum atomic E-state index is 15.0. The highest BCUT2D eigenvalue weighted by atomic mass is 16.6. The molecule has 3 unspecified atom stereocenters. The van der Waals surface area contributed by atoms with Crippen molar-refractivity contribution < 1.29 is 24.2 Å². The molecule has 3 aromatic carbocycles. The smallest absolute Gasteiger partial charge is 0.408 e. The van der Waals surface area contributed by atoms with E-state index in [-0.39, 0.29) is 24.1 Å². The highest BCUT2D eigenvalue weighted by Gasteiger charge is 2.39. The lowest BCUT2D eigenvalue weighted by Gasteiger charge is -2.39. The first kappa shape index (κ1) is 37.1. The summed E-state index contributed by atoms with van der Waals surface area (Å²) in [5.74, 6) is -0.259. The van der Waals surface area contributed by atoms with Gasteiger partial charge in [0.25, 0.3) is 5.91 Å². The number of anilines is 1. The first-order valence-corrected chi connectivity index (χ1v) is 16.6. The van der Waals surface area contributed by atoms with Crippen LogP contribution in [0.3, 0.4) is 0 Å². The largest absolute Gasteiger partial charge is 0.508 e. The van der Waals surface area contributed by atoms with Crippen molar-refractivity contribution in [1.82, 2.24) is 10.2 Å². The molecule has 3 rings (SSSR count). The number of nitrogens with one attached hydrogen (secondary N) is 2. The number of benzene rings is 3. The van der Waals surface area contributed by atoms with Crippen LogP contribution in [0.15, 0.2) is 66.7 Å². The van der Waals surface area contributed by atoms with E-state index < -0.39 is 29.7 Å². The summed E-state index contributed by atoms with van der Waals surface area (Å²) in [6.07, 6.45) is 1.73. The van der Waals surface area contributed by atoms with E-state index in [0.717, 1.165) is 35.1 Å². The SMILES string of the molecule is CCc1ccc(C(C(=O)Nc2c(C)cccc2C)N(C(=O)C(Cc2ccc(O)cc2)NC(=O)OC(C)(C)C)C(C)CCC(C)C)cc1. The summed E-state index contributed by atoms with van der Waals surface area (Å²) >= 11 is 0. The van der Waals surface area contributed by atoms with Crippen molar-refractivity contribution in [3.05, 3.63) is 94.5 Å². The van der Waals surface area contributed by atoms with E-state index in [1.165, 1.54) is 0 Å². The minimum atomic E-state index is -1.05. The number of para-hydroxylation sites is 1. The Kier molecular flexibility index (Phi) is 13.0. The van der Waals surface area contributed by atoms with Crippen LogP contribution in [0, 0.1) is 19.8 Å². The number of phenols is 1. The molecule has 0 aromatic heterocycles. The molecule has 3 atom stereocenters. The Balaban J connectivity index is 2.18. The Hall–Kier alpha value is -4.33. The van der Waals surface area contributed by atoms with Gasteiger partial charge in [0.2, 0.25) is 5.91 Å². The first-order chi connectivity index (χ1) is 22.1. The quantitative estimate of drug-likeness (QED) is 0.175. The van der Waals surface area contributed by atoms with E-state index in [0.29, 0.717) is 23.6 Å². The highest BCUT2D eigenvalue weighted by molar-refractivity contribution is 6.00. The van der Waals surface area contributed by atoms with Crippen molar-refractivity contribution in [2.75, 3.05) is 5.32 Å². The molecule has 0 saturated heterocycles. The molecule has 3 N–H and O–H groups in total. The van der Waals surface area contributed by atoms with Crippen LogP contribution >= 0.6 is 0 Å². The zero-order valence-corrected chi connectivity index (χ0v) is 29.5. The fraction of sp³-hybridized carbons (Fsp3) is 0.462. The average Bonchev–Trinajstić information content (AvgIpc) is 3.00. The third kappa shape index (κ3) is 10.9. The van der Waals surface area contributed by atoms with E-state index in [2.05, 4.69) is 31.4 Å². The fourth-order valence-corrected chi connectivity index (χ4v) is 5.59. The van der Waals surface area contributed by atoms with Crippen molar-refractivity contribution in [3.63, 3.8) is 0 Å². The molecule has 0 heterocycles. The zero-order valence-electron chi connectivity index (χ0n) is 29.5. The fourth-order valence-electron chi connectivity index (χ4n) is 5.59. The van der Waals surface area contributed by atoms with Crippen molar-refractivity contribution in [3.8, 4) is 5.75 Å². The number of aryl methyl sites for hydroxylation is 3. The second-order valence-electron chi connectivity index (χ2n) is 13.9. The Morgan fingerprint density at radius 2 is 1.43 bits per heavy atom. The molecule has 0 radical (unpaired) electrons. The molecular weight excluding hydrogens is 590 g/mol. The number of hydrogen-bond acceptors (Lipinski definition) is 5. The molecular formula is C39H53N3O5. The lowest BCUT2D eigenvalue weighted by atomic mass is 9.95. The number of phenolic OH excluding ortho intramolecular Hbond substituents is 1. The molecule has 0 spiro atoms. The standard InChI is InChI=1S/C39H53N3O5/c1-10-29-16-20-31(21-17-29)35(36(44)41-34-26(4)12-11-13-27(34)5)42(28(6)15-14-25(2)3)37(45)33(40-38(46)47-39(7,8)9)24-30-18-22-32(43)23-19-30/h11-13,16-23,25,28,33,35,43H,10,14-15,24H2,1-9H3,(H,40,46)(H,41,44). The minimum absolute atomic E-state index is 0.0967. The van der Waals surface area contributed by atoms with Crippen LogP contribution in [0.5, 0.6) is 5.75 Å². The van der Waals surface area contributed by atoms with Gasteiger partial charge in [-0.3, -0.25) is 9.59 Å². The third-order valence-corrected chi connectivity index (χ3v) is 8.22. The Labute approximate surface area is 280 Å². The normalized spacial score (nSPS) is 13.4. The van der Waals surface area contributed by atoms with Crippen LogP contribution in [0.25, 0.3) is 0 Å². The average molecular weight is 644 g/mol. The monoisotopic (exact) mass is 643 g/mol. The predicted octanol–water partition coefficient (Wildman–Crippen LogP) is 8.04. The Morgan fingerprint density at radius 1 is 0.851 bits per heavy atom. The van der Waals surface area contributed by atoms with Crippen molar-refractivity contribution in [1.29, 1.82) is 0 Å². The van der Waals surface area contributed by atoms with Gasteiger partial charge in [-0.15, -0.1) is 0 Å². The molecule has 8 nitrogen and oxygen atoms in total. The molecule has 0 aliphatic rings. The van der Waals surface area contributed by atoms with Gasteiger partial charge < -0.3 is 25.4 Å². The van der Waals surface area contributed by atoms with E-state index >= 15 is 0 Å². The number of rotatable bonds is 13. The van der Waals surface area contributed by atoms with Crippen LogP contribution in [-0.4, -0.2) is 45.6 Å². The molecule has 0 fully saturated rings. The summed E-state index contributed by atoms with van der Waals surface area (Å²) in [5, 5.41) is 15.9. The zero-order chi connectivity index (χ0) is 34.9. The van der Waals surface area contributed by atoms with Gasteiger partial charge in [0, 0.05) is 18.2 Å². The molecule has 8 heteroatoms. The minimum Gasteiger partial charge on any atom is -0.508 e. The Morgan fingerprint density at radius 3 is 1.96 bits per heavy atom. The molecule has 0 saturated carbocycles. The van der Waals surface area contributed by atoms with Gasteiger partial charge in [-0.1, -0.05) is 75.4 Å². The van der Waals surface area contributed by atoms with E-state index in [9.17, 15) is 19.5 Å². The van der Waals surface area contributed by atoms with Gasteiger partial charge in [0.05, 0.1) is 0 Å². The number of amides is 3. The number of nitrogens with zero attached hydrogens (tertiary/aromatic N) is 1. The molecule has 3 aromatic rings. The summed E-state index contributed by atoms with van der Waals surface area (Å²) in [4.78, 5) is 44.3. The van der Waals surface area contributed by atoms with Gasteiger partial charge in [-0.05, 0) is 107 Å². The van der Waals surface area contributed by atoms with Gasteiger partial charge in [-0.2, -0.15) is 0 Å². The number of aromatic hydroxyl groups is 1. The van der Waals surface area contributed by atoms with Crippen molar-refractivity contribution in [2.24, 2.45) is 5.92 Å². The second kappa shape index (κ2) is 16.5. The number of carbonyl (C=O) groups is 3.